The molecule has 168 valence electrons. The van der Waals surface area contributed by atoms with E-state index in [-0.39, 0.29) is 5.78 Å². The van der Waals surface area contributed by atoms with Crippen LogP contribution in [0, 0.1) is 6.92 Å². The quantitative estimate of drug-likeness (QED) is 0.150. The fourth-order valence-corrected chi connectivity index (χ4v) is 3.91. The minimum atomic E-state index is -0.0313. The second-order valence-electron chi connectivity index (χ2n) is 7.03. The molecule has 3 nitrogen and oxygen atoms in total. The standard InChI is InChI=1S/C26H27NO2S.CH5P/c1-4-17-30-25-16-10-11-19(2)26(25)29-24-15-9-8-14-22(24)27-20(3)18-23(28)21-12-6-5-7-13-21;1-2/h5-16,18,27H,4,17H2,1-3H3;2H2,1H3/b20-18-;. The number of carbonyl (C=O) groups is 1. The van der Waals surface area contributed by atoms with E-state index in [0.717, 1.165) is 45.5 Å². The van der Waals surface area contributed by atoms with Gasteiger partial charge in [0.1, 0.15) is 5.75 Å². The van der Waals surface area contributed by atoms with E-state index in [4.69, 9.17) is 4.74 Å². The molecule has 0 radical (unpaired) electrons. The van der Waals surface area contributed by atoms with Crippen LogP contribution < -0.4 is 10.1 Å². The number of nitrogens with one attached hydrogen (secondary N) is 1. The number of thioether (sulfide) groups is 1. The zero-order valence-electron chi connectivity index (χ0n) is 19.2. The van der Waals surface area contributed by atoms with Crippen LogP contribution in [0.15, 0.2) is 89.5 Å². The topological polar surface area (TPSA) is 38.3 Å². The van der Waals surface area contributed by atoms with Crippen LogP contribution in [0.1, 0.15) is 36.2 Å². The summed E-state index contributed by atoms with van der Waals surface area (Å²) in [6.07, 6.45) is 2.72. The fourth-order valence-electron chi connectivity index (χ4n) is 2.98. The summed E-state index contributed by atoms with van der Waals surface area (Å²) >= 11 is 1.80. The molecule has 0 aromatic heterocycles. The van der Waals surface area contributed by atoms with E-state index in [9.17, 15) is 4.79 Å². The summed E-state index contributed by atoms with van der Waals surface area (Å²) in [5, 5.41) is 3.32. The van der Waals surface area contributed by atoms with Gasteiger partial charge in [0.25, 0.3) is 0 Å². The molecule has 1 atom stereocenters. The van der Waals surface area contributed by atoms with Crippen molar-refractivity contribution in [3.63, 3.8) is 0 Å². The third-order valence-corrected chi connectivity index (χ3v) is 5.72. The van der Waals surface area contributed by atoms with Gasteiger partial charge in [-0.2, -0.15) is 0 Å². The SMILES string of the molecule is CCCSc1cccc(C)c1Oc1ccccc1N/C(C)=C\C(=O)c1ccccc1.CP. The Bertz CT molecular complexity index is 1030. The molecule has 3 rings (SSSR count). The van der Waals surface area contributed by atoms with Gasteiger partial charge in [-0.25, -0.2) is 0 Å². The van der Waals surface area contributed by atoms with Crippen molar-refractivity contribution in [3.8, 4) is 11.5 Å². The first-order valence-electron chi connectivity index (χ1n) is 10.7. The van der Waals surface area contributed by atoms with Crippen molar-refractivity contribution >= 4 is 32.5 Å². The number of hydrogen-bond donors (Lipinski definition) is 1. The number of ketones is 1. The normalized spacial score (nSPS) is 10.7. The molecule has 5 heteroatoms. The van der Waals surface area contributed by atoms with Crippen molar-refractivity contribution in [1.29, 1.82) is 0 Å². The smallest absolute Gasteiger partial charge is 0.187 e. The lowest BCUT2D eigenvalue weighted by Gasteiger charge is -2.17. The number of para-hydroxylation sites is 3. The van der Waals surface area contributed by atoms with Gasteiger partial charge in [-0.1, -0.05) is 68.2 Å². The van der Waals surface area contributed by atoms with E-state index in [2.05, 4.69) is 46.6 Å². The number of ether oxygens (including phenoxy) is 1. The Balaban J connectivity index is 0.00000176. The number of allylic oxidation sites excluding steroid dienone is 2. The highest BCUT2D eigenvalue weighted by atomic mass is 32.2. The number of rotatable bonds is 9. The zero-order valence-corrected chi connectivity index (χ0v) is 21.2. The van der Waals surface area contributed by atoms with E-state index in [0.29, 0.717) is 5.56 Å². The summed E-state index contributed by atoms with van der Waals surface area (Å²) < 4.78 is 6.36. The first-order chi connectivity index (χ1) is 15.6. The van der Waals surface area contributed by atoms with E-state index >= 15 is 0 Å². The van der Waals surface area contributed by atoms with Gasteiger partial charge in [-0.15, -0.1) is 21.0 Å². The van der Waals surface area contributed by atoms with Gasteiger partial charge in [0, 0.05) is 17.3 Å². The van der Waals surface area contributed by atoms with Gasteiger partial charge in [-0.3, -0.25) is 4.79 Å². The first kappa shape index (κ1) is 25.7. The maximum absolute atomic E-state index is 12.5. The van der Waals surface area contributed by atoms with E-state index in [1.165, 1.54) is 0 Å². The Kier molecular flexibility index (Phi) is 11.1. The van der Waals surface area contributed by atoms with Gasteiger partial charge in [0.15, 0.2) is 11.5 Å². The summed E-state index contributed by atoms with van der Waals surface area (Å²) in [7, 11) is 2.42. The largest absolute Gasteiger partial charge is 0.454 e. The van der Waals surface area contributed by atoms with Crippen LogP contribution in [0.5, 0.6) is 11.5 Å². The second kappa shape index (κ2) is 13.8. The molecule has 0 amide bonds. The molecule has 32 heavy (non-hydrogen) atoms. The minimum Gasteiger partial charge on any atom is -0.454 e. The lowest BCUT2D eigenvalue weighted by molar-refractivity contribution is 0.104. The Hall–Kier alpha value is -2.55. The van der Waals surface area contributed by atoms with Crippen LogP contribution in [0.2, 0.25) is 0 Å². The van der Waals surface area contributed by atoms with Gasteiger partial charge in [0.2, 0.25) is 0 Å². The lowest BCUT2D eigenvalue weighted by atomic mass is 10.1. The monoisotopic (exact) mass is 465 g/mol. The Morgan fingerprint density at radius 1 is 1.00 bits per heavy atom. The predicted octanol–water partition coefficient (Wildman–Crippen LogP) is 7.98. The van der Waals surface area contributed by atoms with Crippen molar-refractivity contribution in [3.05, 3.63) is 95.7 Å². The minimum absolute atomic E-state index is 0.0313. The molecule has 0 heterocycles. The number of aryl methyl sites for hydroxylation is 1. The van der Waals surface area contributed by atoms with Crippen LogP contribution in [0.4, 0.5) is 5.69 Å². The average molecular weight is 466 g/mol. The highest BCUT2D eigenvalue weighted by Gasteiger charge is 2.12. The van der Waals surface area contributed by atoms with Gasteiger partial charge in [-0.05, 0) is 49.8 Å². The molecule has 0 saturated heterocycles. The highest BCUT2D eigenvalue weighted by molar-refractivity contribution is 7.99. The van der Waals surface area contributed by atoms with Crippen molar-refractivity contribution in [1.82, 2.24) is 0 Å². The molecule has 3 aromatic rings. The summed E-state index contributed by atoms with van der Waals surface area (Å²) in [6.45, 7) is 8.04. The highest BCUT2D eigenvalue weighted by Crippen LogP contribution is 2.38. The van der Waals surface area contributed by atoms with Crippen molar-refractivity contribution in [2.24, 2.45) is 0 Å². The molecule has 1 N–H and O–H groups in total. The zero-order chi connectivity index (χ0) is 23.3. The van der Waals surface area contributed by atoms with Gasteiger partial charge < -0.3 is 10.1 Å². The predicted molar refractivity (Wildman–Crippen MR) is 142 cm³/mol. The van der Waals surface area contributed by atoms with Crippen molar-refractivity contribution in [2.75, 3.05) is 17.7 Å². The van der Waals surface area contributed by atoms with Crippen molar-refractivity contribution < 1.29 is 9.53 Å². The summed E-state index contributed by atoms with van der Waals surface area (Å²) in [6, 6.07) is 23.3. The number of benzene rings is 3. The number of anilines is 1. The molecule has 0 aliphatic carbocycles. The van der Waals surface area contributed by atoms with E-state index in [1.54, 1.807) is 17.8 Å². The fraction of sp³-hybridized carbons (Fsp3) is 0.222. The first-order valence-corrected chi connectivity index (χ1v) is 12.8. The molecule has 0 aliphatic rings. The van der Waals surface area contributed by atoms with E-state index in [1.807, 2.05) is 68.2 Å². The molecular weight excluding hydrogens is 433 g/mol. The van der Waals surface area contributed by atoms with Crippen LogP contribution in [0.3, 0.4) is 0 Å². The van der Waals surface area contributed by atoms with Crippen LogP contribution in [-0.2, 0) is 0 Å². The summed E-state index contributed by atoms with van der Waals surface area (Å²) in [4.78, 5) is 13.6. The third-order valence-electron chi connectivity index (χ3n) is 4.47. The van der Waals surface area contributed by atoms with Crippen LogP contribution in [0.25, 0.3) is 0 Å². The molecular formula is C27H32NO2PS. The maximum atomic E-state index is 12.5. The Morgan fingerprint density at radius 2 is 1.69 bits per heavy atom. The Labute approximate surface area is 198 Å². The maximum Gasteiger partial charge on any atom is 0.187 e. The van der Waals surface area contributed by atoms with Gasteiger partial charge in [0.05, 0.1) is 10.6 Å². The second-order valence-corrected chi connectivity index (χ2v) is 8.17. The molecule has 3 aromatic carbocycles. The molecule has 0 aliphatic heterocycles. The lowest BCUT2D eigenvalue weighted by Crippen LogP contribution is -2.03. The molecule has 0 fully saturated rings. The summed E-state index contributed by atoms with van der Waals surface area (Å²) in [5.41, 5.74) is 3.34. The van der Waals surface area contributed by atoms with Gasteiger partial charge >= 0.3 is 0 Å². The third kappa shape index (κ3) is 7.55. The molecule has 0 saturated carbocycles. The van der Waals surface area contributed by atoms with E-state index < -0.39 is 0 Å². The average Bonchev–Trinajstić information content (AvgIpc) is 2.82. The molecule has 1 unspecified atom stereocenters. The molecule has 0 bridgehead atoms. The number of carbonyl (C=O) groups excluding carboxylic acids is 1. The Morgan fingerprint density at radius 3 is 2.41 bits per heavy atom. The van der Waals surface area contributed by atoms with Crippen molar-refractivity contribution in [2.45, 2.75) is 32.1 Å². The summed E-state index contributed by atoms with van der Waals surface area (Å²) in [5.74, 6) is 2.62. The van der Waals surface area contributed by atoms with Crippen LogP contribution >= 0.6 is 21.0 Å². The van der Waals surface area contributed by atoms with Crippen LogP contribution in [-0.4, -0.2) is 18.2 Å². The molecule has 0 spiro atoms. The number of hydrogen-bond acceptors (Lipinski definition) is 4.